The molecule has 0 aliphatic carbocycles. The van der Waals surface area contributed by atoms with Gasteiger partial charge in [0.1, 0.15) is 17.0 Å². The Morgan fingerprint density at radius 3 is 2.42 bits per heavy atom. The van der Waals surface area contributed by atoms with Crippen LogP contribution in [0.2, 0.25) is 0 Å². The van der Waals surface area contributed by atoms with Gasteiger partial charge in [0, 0.05) is 24.7 Å². The number of aromatic nitrogens is 1. The number of nitrogens with one attached hydrogen (secondary N) is 1. The maximum absolute atomic E-state index is 12.8. The summed E-state index contributed by atoms with van der Waals surface area (Å²) in [6.07, 6.45) is 2.80. The van der Waals surface area contributed by atoms with Gasteiger partial charge in [-0.05, 0) is 43.2 Å². The number of anilines is 1. The van der Waals surface area contributed by atoms with E-state index in [9.17, 15) is 13.2 Å². The summed E-state index contributed by atoms with van der Waals surface area (Å²) in [7, 11) is -0.414. The second-order valence-corrected chi connectivity index (χ2v) is 10.1. The monoisotopic (exact) mass is 461 g/mol. The maximum Gasteiger partial charge on any atom is 0.257 e. The molecule has 1 fully saturated rings. The highest BCUT2D eigenvalue weighted by atomic mass is 32.2. The fraction of sp³-hybridized carbons (Fsp3) is 0.333. The molecule has 0 atom stereocenters. The quantitative estimate of drug-likeness (QED) is 0.601. The zero-order valence-electron chi connectivity index (χ0n) is 17.3. The predicted molar refractivity (Wildman–Crippen MR) is 120 cm³/mol. The molecule has 0 bridgehead atoms. The first-order valence-corrected chi connectivity index (χ1v) is 12.1. The van der Waals surface area contributed by atoms with Crippen molar-refractivity contribution >= 4 is 42.6 Å². The third-order valence-electron chi connectivity index (χ3n) is 5.18. The summed E-state index contributed by atoms with van der Waals surface area (Å²) in [4.78, 5) is 17.3. The molecule has 0 radical (unpaired) electrons. The average Bonchev–Trinajstić information content (AvgIpc) is 3.21. The largest absolute Gasteiger partial charge is 0.497 e. The summed E-state index contributed by atoms with van der Waals surface area (Å²) in [5, 5.41) is 3.18. The van der Waals surface area contributed by atoms with Gasteiger partial charge in [-0.25, -0.2) is 13.4 Å². The number of hydrogen-bond donors (Lipinski definition) is 1. The molecule has 1 aliphatic rings. The first kappa shape index (κ1) is 21.5. The van der Waals surface area contributed by atoms with E-state index < -0.39 is 10.0 Å². The highest BCUT2D eigenvalue weighted by molar-refractivity contribution is 7.89. The van der Waals surface area contributed by atoms with Gasteiger partial charge < -0.3 is 9.47 Å². The van der Waals surface area contributed by atoms with E-state index in [0.29, 0.717) is 40.8 Å². The number of benzene rings is 2. The molecule has 0 spiro atoms. The van der Waals surface area contributed by atoms with Crippen molar-refractivity contribution in [2.75, 3.05) is 32.6 Å². The van der Waals surface area contributed by atoms with Crippen LogP contribution in [-0.2, 0) is 10.0 Å². The first-order chi connectivity index (χ1) is 14.9. The standard InChI is InChI=1S/C21H23N3O5S2/c1-28-15-12-17(29-2)19-18(13-15)30-21(22-19)23-20(25)14-6-8-16(9-7-14)31(26,27)24-10-4-3-5-11-24/h6-9,12-13H,3-5,10-11H2,1-2H3,(H,22,23,25). The van der Waals surface area contributed by atoms with Crippen molar-refractivity contribution in [3.63, 3.8) is 0 Å². The van der Waals surface area contributed by atoms with Crippen molar-refractivity contribution in [2.45, 2.75) is 24.2 Å². The van der Waals surface area contributed by atoms with Crippen LogP contribution in [0.5, 0.6) is 11.5 Å². The number of amides is 1. The van der Waals surface area contributed by atoms with E-state index in [-0.39, 0.29) is 10.8 Å². The predicted octanol–water partition coefficient (Wildman–Crippen LogP) is 3.74. The van der Waals surface area contributed by atoms with E-state index in [2.05, 4.69) is 10.3 Å². The number of carbonyl (C=O) groups is 1. The number of methoxy groups -OCH3 is 2. The third kappa shape index (κ3) is 4.36. The lowest BCUT2D eigenvalue weighted by Gasteiger charge is -2.25. The van der Waals surface area contributed by atoms with Crippen LogP contribution in [0, 0.1) is 0 Å². The van der Waals surface area contributed by atoms with Gasteiger partial charge in [-0.15, -0.1) is 0 Å². The van der Waals surface area contributed by atoms with E-state index in [0.717, 1.165) is 24.0 Å². The second-order valence-electron chi connectivity index (χ2n) is 7.14. The zero-order chi connectivity index (χ0) is 22.0. The number of thiazole rings is 1. The molecule has 164 valence electrons. The molecule has 0 saturated carbocycles. The van der Waals surface area contributed by atoms with Crippen LogP contribution in [0.1, 0.15) is 29.6 Å². The number of nitrogens with zero attached hydrogens (tertiary/aromatic N) is 2. The van der Waals surface area contributed by atoms with Crippen LogP contribution in [0.3, 0.4) is 0 Å². The lowest BCUT2D eigenvalue weighted by atomic mass is 10.2. The Bertz CT molecular complexity index is 1200. The molecule has 1 amide bonds. The van der Waals surface area contributed by atoms with Crippen molar-refractivity contribution in [1.29, 1.82) is 0 Å². The van der Waals surface area contributed by atoms with Crippen molar-refractivity contribution in [2.24, 2.45) is 0 Å². The summed E-state index contributed by atoms with van der Waals surface area (Å²) >= 11 is 1.30. The van der Waals surface area contributed by atoms with Crippen LogP contribution in [0.4, 0.5) is 5.13 Å². The topological polar surface area (TPSA) is 97.8 Å². The van der Waals surface area contributed by atoms with E-state index >= 15 is 0 Å². The third-order valence-corrected chi connectivity index (χ3v) is 8.01. The Labute approximate surface area is 184 Å². The number of sulfonamides is 1. The van der Waals surface area contributed by atoms with E-state index in [4.69, 9.17) is 9.47 Å². The molecule has 8 nitrogen and oxygen atoms in total. The molecule has 1 aliphatic heterocycles. The smallest absolute Gasteiger partial charge is 0.257 e. The fourth-order valence-electron chi connectivity index (χ4n) is 3.50. The zero-order valence-corrected chi connectivity index (χ0v) is 18.9. The highest BCUT2D eigenvalue weighted by Crippen LogP contribution is 2.36. The Morgan fingerprint density at radius 1 is 1.06 bits per heavy atom. The molecule has 2 aromatic carbocycles. The van der Waals surface area contributed by atoms with Gasteiger partial charge in [-0.3, -0.25) is 10.1 Å². The highest BCUT2D eigenvalue weighted by Gasteiger charge is 2.26. The van der Waals surface area contributed by atoms with Crippen LogP contribution in [0.25, 0.3) is 10.2 Å². The number of piperidine rings is 1. The minimum atomic E-state index is -3.53. The summed E-state index contributed by atoms with van der Waals surface area (Å²) in [6, 6.07) is 9.54. The number of hydrogen-bond acceptors (Lipinski definition) is 7. The summed E-state index contributed by atoms with van der Waals surface area (Å²) in [5.74, 6) is 0.821. The van der Waals surface area contributed by atoms with Crippen molar-refractivity contribution in [3.8, 4) is 11.5 Å². The molecule has 3 aromatic rings. The molecule has 1 N–H and O–H groups in total. The molecule has 4 rings (SSSR count). The van der Waals surface area contributed by atoms with Gasteiger partial charge in [0.05, 0.1) is 23.8 Å². The maximum atomic E-state index is 12.8. The van der Waals surface area contributed by atoms with E-state index in [1.165, 1.54) is 39.9 Å². The number of fused-ring (bicyclic) bond motifs is 1. The Hall–Kier alpha value is -2.69. The summed E-state index contributed by atoms with van der Waals surface area (Å²) < 4.78 is 38.5. The molecule has 10 heteroatoms. The Morgan fingerprint density at radius 2 is 1.77 bits per heavy atom. The SMILES string of the molecule is COc1cc(OC)c2nc(NC(=O)c3ccc(S(=O)(=O)N4CCCCC4)cc3)sc2c1. The van der Waals surface area contributed by atoms with Gasteiger partial charge >= 0.3 is 0 Å². The van der Waals surface area contributed by atoms with Crippen LogP contribution < -0.4 is 14.8 Å². The van der Waals surface area contributed by atoms with Gasteiger partial charge in [0.25, 0.3) is 5.91 Å². The van der Waals surface area contributed by atoms with Crippen molar-refractivity contribution < 1.29 is 22.7 Å². The average molecular weight is 462 g/mol. The second kappa shape index (κ2) is 8.81. The van der Waals surface area contributed by atoms with Crippen LogP contribution >= 0.6 is 11.3 Å². The van der Waals surface area contributed by atoms with Gasteiger partial charge in [-0.2, -0.15) is 4.31 Å². The number of rotatable bonds is 6. The van der Waals surface area contributed by atoms with Gasteiger partial charge in [0.2, 0.25) is 10.0 Å². The molecular weight excluding hydrogens is 438 g/mol. The molecule has 1 saturated heterocycles. The molecule has 0 unspecified atom stereocenters. The fourth-order valence-corrected chi connectivity index (χ4v) is 5.93. The summed E-state index contributed by atoms with van der Waals surface area (Å²) in [5.41, 5.74) is 0.980. The normalized spacial score (nSPS) is 15.0. The first-order valence-electron chi connectivity index (χ1n) is 9.86. The van der Waals surface area contributed by atoms with Crippen molar-refractivity contribution in [1.82, 2.24) is 9.29 Å². The molecule has 31 heavy (non-hydrogen) atoms. The van der Waals surface area contributed by atoms with E-state index in [1.807, 2.05) is 6.07 Å². The van der Waals surface area contributed by atoms with Gasteiger partial charge in [0.15, 0.2) is 5.13 Å². The van der Waals surface area contributed by atoms with Crippen LogP contribution in [0.15, 0.2) is 41.3 Å². The van der Waals surface area contributed by atoms with Gasteiger partial charge in [-0.1, -0.05) is 17.8 Å². The number of carbonyl (C=O) groups excluding carboxylic acids is 1. The molecule has 1 aromatic heterocycles. The van der Waals surface area contributed by atoms with Crippen molar-refractivity contribution in [3.05, 3.63) is 42.0 Å². The minimum absolute atomic E-state index is 0.197. The molecular formula is C21H23N3O5S2. The molecule has 2 heterocycles. The Kier molecular flexibility index (Phi) is 6.12. The van der Waals surface area contributed by atoms with Crippen LogP contribution in [-0.4, -0.2) is 50.9 Å². The van der Waals surface area contributed by atoms with E-state index in [1.54, 1.807) is 20.3 Å². The Balaban J connectivity index is 1.52. The lowest BCUT2D eigenvalue weighted by molar-refractivity contribution is 0.102. The lowest BCUT2D eigenvalue weighted by Crippen LogP contribution is -2.35. The number of ether oxygens (including phenoxy) is 2. The minimum Gasteiger partial charge on any atom is -0.497 e. The summed E-state index contributed by atoms with van der Waals surface area (Å²) in [6.45, 7) is 1.08.